The van der Waals surface area contributed by atoms with E-state index in [4.69, 9.17) is 5.48 Å². The normalized spacial score (nSPS) is 17.5. The fraction of sp³-hybridized carbons (Fsp3) is 0.0625. The number of benzene rings is 15. The van der Waals surface area contributed by atoms with Gasteiger partial charge in [0.05, 0.1) is 73.1 Å². The third kappa shape index (κ3) is 6.87. The Morgan fingerprint density at radius 2 is 0.644 bits per heavy atom. The molecule has 0 saturated heterocycles. The zero-order chi connectivity index (χ0) is 84.6. The van der Waals surface area contributed by atoms with Crippen LogP contribution in [0.2, 0.25) is 0 Å². The Morgan fingerprint density at radius 1 is 0.307 bits per heavy atom. The van der Waals surface area contributed by atoms with Crippen molar-refractivity contribution < 1.29 is 28.8 Å². The smallest absolute Gasteiger partial charge is 0.252 e. The van der Waals surface area contributed by atoms with Crippen molar-refractivity contribution in [1.29, 1.82) is 0 Å². The van der Waals surface area contributed by atoms with Crippen LogP contribution in [-0.4, -0.2) is 15.8 Å². The van der Waals surface area contributed by atoms with Crippen molar-refractivity contribution in [1.82, 2.24) is 9.13 Å². The molecule has 4 aliphatic carbocycles. The van der Waals surface area contributed by atoms with Crippen molar-refractivity contribution in [2.45, 2.75) is 37.0 Å². The van der Waals surface area contributed by atoms with E-state index in [2.05, 4.69) is 106 Å². The van der Waals surface area contributed by atoms with E-state index in [0.717, 1.165) is 88.0 Å². The second-order valence-corrected chi connectivity index (χ2v) is 28.1. The van der Waals surface area contributed by atoms with Crippen LogP contribution in [0.1, 0.15) is 99.6 Å². The van der Waals surface area contributed by atoms with Gasteiger partial charge in [0.25, 0.3) is 6.71 Å². The highest BCUT2D eigenvalue weighted by Gasteiger charge is 2.56. The molecule has 0 amide bonds. The average molecular weight is 1300 g/mol. The SMILES string of the molecule is [2H]c1cc(-n2c3c([2H])c([2H])c([2H])c([2H])c3c3c([2H])c([2H])c([2H])c([2H])c32)c([2H])c2c1B1c3c(cc(C(C)(C)C)cc3N(c3cccc4c3-c3ccccc3C43c4ccccc4-c4ccccc43)c3c([2H])c(-n4c5c([2H])c([2H])c([2H])c([2H])c5c5c([2H])c([2H])c([2H])c([2H])c54)c([2H])c([2H])c31)N2c1cccc2c1-c1ccccc1C21c2ccccc2-c2ccccc21. The van der Waals surface area contributed by atoms with Crippen molar-refractivity contribution in [3.05, 3.63) is 377 Å². The van der Waals surface area contributed by atoms with E-state index in [1.165, 1.54) is 10.6 Å². The fourth-order valence-corrected chi connectivity index (χ4v) is 18.7. The summed E-state index contributed by atoms with van der Waals surface area (Å²) < 4.78 is 211. The highest BCUT2D eigenvalue weighted by molar-refractivity contribution is 7.00. The lowest BCUT2D eigenvalue weighted by Crippen LogP contribution is -2.61. The molecule has 2 spiro atoms. The van der Waals surface area contributed by atoms with Gasteiger partial charge in [-0.2, -0.15) is 0 Å². The van der Waals surface area contributed by atoms with Crippen LogP contribution >= 0.6 is 0 Å². The Balaban J connectivity index is 0.929. The molecule has 0 saturated carbocycles. The summed E-state index contributed by atoms with van der Waals surface area (Å²) in [4.78, 5) is 3.91. The average Bonchev–Trinajstić information content (AvgIpc) is 1.31. The van der Waals surface area contributed by atoms with Gasteiger partial charge in [0, 0.05) is 66.8 Å². The molecule has 4 nitrogen and oxygen atoms in total. The molecule has 5 heteroatoms. The molecule has 470 valence electrons. The number of hydrogen-bond acceptors (Lipinski definition) is 2. The van der Waals surface area contributed by atoms with Gasteiger partial charge in [-0.25, -0.2) is 0 Å². The number of nitrogens with zero attached hydrogens (tertiary/aromatic N) is 4. The Morgan fingerprint density at radius 3 is 1.05 bits per heavy atom. The molecule has 23 rings (SSSR count). The second-order valence-electron chi connectivity index (χ2n) is 28.1. The summed E-state index contributed by atoms with van der Waals surface area (Å²) in [7, 11) is 0. The first-order valence-electron chi connectivity index (χ1n) is 44.5. The first-order valence-corrected chi connectivity index (χ1v) is 34.0. The second kappa shape index (κ2) is 19.7. The topological polar surface area (TPSA) is 16.3 Å². The van der Waals surface area contributed by atoms with E-state index in [1.807, 2.05) is 119 Å². The molecule has 0 fully saturated rings. The molecule has 2 aromatic heterocycles. The van der Waals surface area contributed by atoms with Crippen LogP contribution in [0.15, 0.2) is 327 Å². The van der Waals surface area contributed by atoms with E-state index in [9.17, 15) is 23.3 Å². The van der Waals surface area contributed by atoms with Gasteiger partial charge in [-0.1, -0.05) is 275 Å². The largest absolute Gasteiger partial charge is 0.311 e. The van der Waals surface area contributed by atoms with E-state index in [-0.39, 0.29) is 66.6 Å². The highest BCUT2D eigenvalue weighted by atomic mass is 15.2. The van der Waals surface area contributed by atoms with Crippen molar-refractivity contribution in [2.24, 2.45) is 0 Å². The number of anilines is 6. The molecular formula is C96H63BN4. The van der Waals surface area contributed by atoms with Gasteiger partial charge >= 0.3 is 0 Å². The summed E-state index contributed by atoms with van der Waals surface area (Å²) in [6.45, 7) is 4.69. The lowest BCUT2D eigenvalue weighted by molar-refractivity contribution is 0.590. The predicted octanol–water partition coefficient (Wildman–Crippen LogP) is 21.9. The van der Waals surface area contributed by atoms with Crippen LogP contribution in [0, 0.1) is 0 Å². The molecule has 0 N–H and O–H groups in total. The summed E-state index contributed by atoms with van der Waals surface area (Å²) in [5.74, 6) is 0. The number of hydrogen-bond donors (Lipinski definition) is 0. The quantitative estimate of drug-likeness (QED) is 0.163. The first-order chi connectivity index (χ1) is 58.5. The molecule has 0 bridgehead atoms. The maximum absolute atomic E-state index is 11.7. The van der Waals surface area contributed by atoms with Gasteiger partial charge in [-0.3, -0.25) is 0 Å². The van der Waals surface area contributed by atoms with Crippen molar-refractivity contribution in [2.75, 3.05) is 9.80 Å². The third-order valence-electron chi connectivity index (χ3n) is 22.5. The minimum atomic E-state index is -1.49. The van der Waals surface area contributed by atoms with Crippen LogP contribution in [0.25, 0.3) is 99.5 Å². The molecule has 0 atom stereocenters. The Hall–Kier alpha value is -12.4. The number of aromatic nitrogens is 2. The molecule has 0 unspecified atom stereocenters. The number of para-hydroxylation sites is 4. The molecule has 4 heterocycles. The zero-order valence-corrected chi connectivity index (χ0v) is 54.4. The molecule has 6 aliphatic rings. The van der Waals surface area contributed by atoms with Crippen LogP contribution in [0.3, 0.4) is 0 Å². The third-order valence-corrected chi connectivity index (χ3v) is 22.5. The van der Waals surface area contributed by atoms with Gasteiger partial charge < -0.3 is 18.9 Å². The van der Waals surface area contributed by atoms with Gasteiger partial charge in [0.1, 0.15) is 0 Å². The summed E-state index contributed by atoms with van der Waals surface area (Å²) in [6.07, 6.45) is 0. The molecule has 0 radical (unpaired) electrons. The Kier molecular flexibility index (Phi) is 7.65. The molecule has 17 aromatic rings. The van der Waals surface area contributed by atoms with Gasteiger partial charge in [0.2, 0.25) is 0 Å². The molecule has 101 heavy (non-hydrogen) atoms. The Bertz CT molecular complexity index is 7630. The molecular weight excluding hydrogens is 1220 g/mol. The van der Waals surface area contributed by atoms with E-state index in [0.29, 0.717) is 39.3 Å². The molecule has 2 aliphatic heterocycles. The van der Waals surface area contributed by atoms with E-state index in [1.54, 1.807) is 0 Å². The predicted molar refractivity (Wildman–Crippen MR) is 420 cm³/mol. The highest BCUT2D eigenvalue weighted by Crippen LogP contribution is 2.67. The van der Waals surface area contributed by atoms with Gasteiger partial charge in [-0.15, -0.1) is 0 Å². The lowest BCUT2D eigenvalue weighted by atomic mass is 9.33. The summed E-state index contributed by atoms with van der Waals surface area (Å²) in [5, 5.41) is -1.17. The minimum absolute atomic E-state index is 0.0249. The maximum atomic E-state index is 11.7. The van der Waals surface area contributed by atoms with Crippen LogP contribution < -0.4 is 26.2 Å². The van der Waals surface area contributed by atoms with Crippen molar-refractivity contribution in [3.63, 3.8) is 0 Å². The number of fused-ring (bicyclic) bond motifs is 30. The number of rotatable bonds is 4. The summed E-state index contributed by atoms with van der Waals surface area (Å²) in [5.41, 5.74) is 12.7. The van der Waals surface area contributed by atoms with Crippen molar-refractivity contribution >= 4 is 101 Å². The lowest BCUT2D eigenvalue weighted by Gasteiger charge is -2.46. The first kappa shape index (κ1) is 39.2. The summed E-state index contributed by atoms with van der Waals surface area (Å²) in [6, 6.07) is 53.8. The fourth-order valence-electron chi connectivity index (χ4n) is 18.7. The zero-order valence-electron chi connectivity index (χ0n) is 75.4. The van der Waals surface area contributed by atoms with E-state index >= 15 is 0 Å². The van der Waals surface area contributed by atoms with Crippen LogP contribution in [0.4, 0.5) is 34.1 Å². The Labute approximate surface area is 616 Å². The monoisotopic (exact) mass is 1300 g/mol. The maximum Gasteiger partial charge on any atom is 0.252 e. The minimum Gasteiger partial charge on any atom is -0.311 e. The van der Waals surface area contributed by atoms with Crippen LogP contribution in [-0.2, 0) is 16.2 Å². The van der Waals surface area contributed by atoms with Crippen molar-refractivity contribution in [3.8, 4) is 55.9 Å². The standard InChI is InChI=1S/C96H63BN4/c1-94(2,3)58-54-89-93-90(55-58)101(86-49-25-43-78-92(86)70-35-9-19-41-76(70)96(78)73-38-16-6-28-63(73)64-29-7-17-39-74(64)96)88-57-60(99-83-46-22-12-32-67(83)68-33-13-23-47-84(68)99)51-53-80(88)97(93)79-52-50-59(98-81-44-20-10-30-65(81)66-31-11-21-45-82(66)98)56-87(79)100(89)85-48-24-42-77-91(85)69-34-8-18-40-75(69)95(77)71-36-14-4-26-61(71)62-27-5-15-37-72(62)95/h4-57H,1-3H3/i10D,11D,12D,13D,20D,21D,22D,23D,30D,31D,32D,33D,44D,45D,46D,47D,50D,52D,53D,56D,57D. The summed E-state index contributed by atoms with van der Waals surface area (Å²) >= 11 is 0. The molecule has 15 aromatic carbocycles. The van der Waals surface area contributed by atoms with E-state index < -0.39 is 161 Å². The van der Waals surface area contributed by atoms with Gasteiger partial charge in [0.15, 0.2) is 0 Å². The van der Waals surface area contributed by atoms with Crippen LogP contribution in [0.5, 0.6) is 0 Å². The van der Waals surface area contributed by atoms with Gasteiger partial charge in [-0.05, 0) is 178 Å².